The maximum atomic E-state index is 4.07. The van der Waals surface area contributed by atoms with Gasteiger partial charge in [-0.05, 0) is 40.5 Å². The molecule has 0 amide bonds. The lowest BCUT2D eigenvalue weighted by Gasteiger charge is -2.04. The number of hydrogen-bond donors (Lipinski definition) is 0. The second-order valence-corrected chi connectivity index (χ2v) is 6.83. The van der Waals surface area contributed by atoms with Gasteiger partial charge < -0.3 is 4.57 Å². The van der Waals surface area contributed by atoms with E-state index in [4.69, 9.17) is 0 Å². The zero-order chi connectivity index (χ0) is 14.7. The summed E-state index contributed by atoms with van der Waals surface area (Å²) < 4.78 is 2.08. The van der Waals surface area contributed by atoms with Crippen molar-refractivity contribution in [1.29, 1.82) is 0 Å². The topological polar surface area (TPSA) is 17.8 Å². The van der Waals surface area contributed by atoms with E-state index in [1.54, 1.807) is 0 Å². The molecule has 108 valence electrons. The maximum Gasteiger partial charge on any atom is 0.0949 e. The van der Waals surface area contributed by atoms with E-state index in [2.05, 4.69) is 59.1 Å². The minimum atomic E-state index is 0.717. The van der Waals surface area contributed by atoms with Crippen molar-refractivity contribution in [2.24, 2.45) is 5.92 Å². The zero-order valence-electron chi connectivity index (χ0n) is 12.5. The number of rotatable bonds is 5. The largest absolute Gasteiger partial charge is 0.333 e. The molecule has 0 aliphatic carbocycles. The highest BCUT2D eigenvalue weighted by molar-refractivity contribution is 7.10. The molecule has 3 heteroatoms. The average molecular weight is 296 g/mol. The van der Waals surface area contributed by atoms with Crippen LogP contribution < -0.4 is 0 Å². The van der Waals surface area contributed by atoms with Crippen molar-refractivity contribution < 1.29 is 0 Å². The summed E-state index contributed by atoms with van der Waals surface area (Å²) in [6, 6.07) is 11.2. The lowest BCUT2D eigenvalue weighted by atomic mass is 10.0. The van der Waals surface area contributed by atoms with Crippen LogP contribution in [0.4, 0.5) is 0 Å². The van der Waals surface area contributed by atoms with Gasteiger partial charge in [0.2, 0.25) is 0 Å². The fourth-order valence-electron chi connectivity index (χ4n) is 2.44. The van der Waals surface area contributed by atoms with Gasteiger partial charge in [-0.15, -0.1) is 11.3 Å². The molecule has 3 rings (SSSR count). The highest BCUT2D eigenvalue weighted by atomic mass is 32.1. The fourth-order valence-corrected chi connectivity index (χ4v) is 3.54. The van der Waals surface area contributed by atoms with Crippen LogP contribution in [0, 0.1) is 5.92 Å². The van der Waals surface area contributed by atoms with E-state index in [0.29, 0.717) is 5.92 Å². The van der Waals surface area contributed by atoms with Crippen LogP contribution in [0.25, 0.3) is 11.1 Å². The molecule has 1 aromatic carbocycles. The first kappa shape index (κ1) is 14.1. The minimum absolute atomic E-state index is 0.717. The number of benzene rings is 1. The van der Waals surface area contributed by atoms with Gasteiger partial charge in [-0.1, -0.05) is 38.1 Å². The minimum Gasteiger partial charge on any atom is -0.333 e. The SMILES string of the molecule is CC(C)Cc1cc(-c2ccc(Cn3ccnc3)cc2)cs1. The predicted molar refractivity (Wildman–Crippen MR) is 89.6 cm³/mol. The monoisotopic (exact) mass is 296 g/mol. The molecule has 21 heavy (non-hydrogen) atoms. The van der Waals surface area contributed by atoms with Crippen LogP contribution in [0.5, 0.6) is 0 Å². The standard InChI is InChI=1S/C18H20N2S/c1-14(2)9-18-10-17(12-21-18)16-5-3-15(4-6-16)11-20-8-7-19-13-20/h3-8,10,12-14H,9,11H2,1-2H3. The summed E-state index contributed by atoms with van der Waals surface area (Å²) in [6.45, 7) is 5.41. The molecule has 0 fully saturated rings. The molecular formula is C18H20N2S. The molecule has 0 radical (unpaired) electrons. The van der Waals surface area contributed by atoms with Gasteiger partial charge in [0, 0.05) is 23.8 Å². The second-order valence-electron chi connectivity index (χ2n) is 5.83. The Hall–Kier alpha value is -1.87. The van der Waals surface area contributed by atoms with E-state index in [1.807, 2.05) is 30.1 Å². The number of nitrogens with zero attached hydrogens (tertiary/aromatic N) is 2. The Balaban J connectivity index is 1.73. The first-order valence-electron chi connectivity index (χ1n) is 7.33. The first-order valence-corrected chi connectivity index (χ1v) is 8.21. The van der Waals surface area contributed by atoms with Crippen molar-refractivity contribution in [3.63, 3.8) is 0 Å². The highest BCUT2D eigenvalue weighted by Crippen LogP contribution is 2.27. The summed E-state index contributed by atoms with van der Waals surface area (Å²) in [4.78, 5) is 5.55. The number of aromatic nitrogens is 2. The maximum absolute atomic E-state index is 4.07. The van der Waals surface area contributed by atoms with Crippen LogP contribution in [0.1, 0.15) is 24.3 Å². The Morgan fingerprint density at radius 2 is 1.95 bits per heavy atom. The smallest absolute Gasteiger partial charge is 0.0949 e. The van der Waals surface area contributed by atoms with Gasteiger partial charge in [-0.25, -0.2) is 4.98 Å². The van der Waals surface area contributed by atoms with E-state index in [1.165, 1.54) is 28.0 Å². The average Bonchev–Trinajstić information content (AvgIpc) is 3.11. The summed E-state index contributed by atoms with van der Waals surface area (Å²) in [5.41, 5.74) is 3.94. The third-order valence-electron chi connectivity index (χ3n) is 3.47. The van der Waals surface area contributed by atoms with Gasteiger partial charge in [-0.3, -0.25) is 0 Å². The molecule has 0 spiro atoms. The van der Waals surface area contributed by atoms with Crippen LogP contribution in [0.15, 0.2) is 54.4 Å². The van der Waals surface area contributed by atoms with Crippen molar-refractivity contribution >= 4 is 11.3 Å². The predicted octanol–water partition coefficient (Wildman–Crippen LogP) is 4.86. The van der Waals surface area contributed by atoms with Crippen molar-refractivity contribution in [2.75, 3.05) is 0 Å². The van der Waals surface area contributed by atoms with Crippen molar-refractivity contribution in [3.8, 4) is 11.1 Å². The molecule has 0 unspecified atom stereocenters. The lowest BCUT2D eigenvalue weighted by Crippen LogP contribution is -1.95. The molecule has 3 aromatic rings. The van der Waals surface area contributed by atoms with E-state index < -0.39 is 0 Å². The Morgan fingerprint density at radius 3 is 2.62 bits per heavy atom. The zero-order valence-corrected chi connectivity index (χ0v) is 13.3. The van der Waals surface area contributed by atoms with Gasteiger partial charge in [0.05, 0.1) is 6.33 Å². The molecule has 2 nitrogen and oxygen atoms in total. The Morgan fingerprint density at radius 1 is 1.14 bits per heavy atom. The summed E-state index contributed by atoms with van der Waals surface area (Å²) in [5, 5.41) is 2.27. The van der Waals surface area contributed by atoms with Crippen molar-refractivity contribution in [3.05, 3.63) is 64.9 Å². The van der Waals surface area contributed by atoms with Gasteiger partial charge in [0.1, 0.15) is 0 Å². The van der Waals surface area contributed by atoms with Crippen LogP contribution in [0.3, 0.4) is 0 Å². The molecule has 0 atom stereocenters. The molecular weight excluding hydrogens is 276 g/mol. The molecule has 2 aromatic heterocycles. The lowest BCUT2D eigenvalue weighted by molar-refractivity contribution is 0.654. The molecule has 0 aliphatic heterocycles. The Kier molecular flexibility index (Phi) is 4.20. The quantitative estimate of drug-likeness (QED) is 0.657. The Bertz CT molecular complexity index is 678. The van der Waals surface area contributed by atoms with Crippen LogP contribution in [-0.2, 0) is 13.0 Å². The van der Waals surface area contributed by atoms with E-state index in [9.17, 15) is 0 Å². The summed E-state index contributed by atoms with van der Waals surface area (Å²) in [6.07, 6.45) is 6.83. The van der Waals surface area contributed by atoms with Gasteiger partial charge in [-0.2, -0.15) is 0 Å². The van der Waals surface area contributed by atoms with Crippen molar-refractivity contribution in [2.45, 2.75) is 26.8 Å². The molecule has 0 N–H and O–H groups in total. The molecule has 2 heterocycles. The van der Waals surface area contributed by atoms with E-state index in [0.717, 1.165) is 6.54 Å². The first-order chi connectivity index (χ1) is 10.2. The second kappa shape index (κ2) is 6.27. The summed E-state index contributed by atoms with van der Waals surface area (Å²) in [7, 11) is 0. The molecule has 0 aliphatic rings. The summed E-state index contributed by atoms with van der Waals surface area (Å²) in [5.74, 6) is 0.717. The van der Waals surface area contributed by atoms with Gasteiger partial charge >= 0.3 is 0 Å². The number of hydrogen-bond acceptors (Lipinski definition) is 2. The molecule has 0 saturated heterocycles. The van der Waals surface area contributed by atoms with Crippen LogP contribution in [-0.4, -0.2) is 9.55 Å². The third kappa shape index (κ3) is 3.61. The third-order valence-corrected chi connectivity index (χ3v) is 4.43. The summed E-state index contributed by atoms with van der Waals surface area (Å²) >= 11 is 1.87. The van der Waals surface area contributed by atoms with Crippen LogP contribution in [0.2, 0.25) is 0 Å². The highest BCUT2D eigenvalue weighted by Gasteiger charge is 2.05. The Labute approximate surface area is 130 Å². The van der Waals surface area contributed by atoms with Gasteiger partial charge in [0.25, 0.3) is 0 Å². The fraction of sp³-hybridized carbons (Fsp3) is 0.278. The normalized spacial score (nSPS) is 11.2. The van der Waals surface area contributed by atoms with E-state index in [-0.39, 0.29) is 0 Å². The van der Waals surface area contributed by atoms with Crippen LogP contribution >= 0.6 is 11.3 Å². The number of imidazole rings is 1. The number of thiophene rings is 1. The molecule has 0 bridgehead atoms. The molecule has 0 saturated carbocycles. The van der Waals surface area contributed by atoms with Gasteiger partial charge in [0.15, 0.2) is 0 Å². The van der Waals surface area contributed by atoms with Crippen molar-refractivity contribution in [1.82, 2.24) is 9.55 Å². The van der Waals surface area contributed by atoms with E-state index >= 15 is 0 Å².